The van der Waals surface area contributed by atoms with Crippen LogP contribution in [0.3, 0.4) is 0 Å². The topological polar surface area (TPSA) is 124 Å². The van der Waals surface area contributed by atoms with Crippen LogP contribution >= 0.6 is 11.6 Å². The van der Waals surface area contributed by atoms with E-state index in [0.29, 0.717) is 29.2 Å². The molecule has 5 heterocycles. The zero-order valence-electron chi connectivity index (χ0n) is 17.7. The van der Waals surface area contributed by atoms with Gasteiger partial charge in [0.25, 0.3) is 11.4 Å². The quantitative estimate of drug-likeness (QED) is 0.388. The highest BCUT2D eigenvalue weighted by Gasteiger charge is 2.27. The van der Waals surface area contributed by atoms with Gasteiger partial charge in [0.1, 0.15) is 24.0 Å². The molecule has 1 aliphatic rings. The minimum absolute atomic E-state index is 0.128. The molecule has 1 unspecified atom stereocenters. The number of imidazole rings is 1. The first kappa shape index (κ1) is 20.5. The van der Waals surface area contributed by atoms with Crippen molar-refractivity contribution in [1.29, 1.82) is 5.26 Å². The number of rotatable bonds is 4. The Labute approximate surface area is 197 Å². The predicted molar refractivity (Wildman–Crippen MR) is 121 cm³/mol. The number of benzene rings is 1. The number of pyridine rings is 1. The van der Waals surface area contributed by atoms with Gasteiger partial charge in [-0.15, -0.1) is 0 Å². The van der Waals surface area contributed by atoms with E-state index in [4.69, 9.17) is 20.9 Å². The number of hydrogen-bond donors (Lipinski definition) is 0. The van der Waals surface area contributed by atoms with Crippen molar-refractivity contribution in [2.24, 2.45) is 0 Å². The maximum atomic E-state index is 13.9. The SMILES string of the molecule is N#Cc1c(Cl)ccc2c1n(Cc1ccccn1)c(=O)c1c(-c3nc(C4CCCO4)no3)ncn12. The van der Waals surface area contributed by atoms with E-state index in [0.717, 1.165) is 12.8 Å². The Morgan fingerprint density at radius 3 is 2.88 bits per heavy atom. The van der Waals surface area contributed by atoms with Crippen LogP contribution in [-0.4, -0.2) is 35.7 Å². The Morgan fingerprint density at radius 2 is 2.12 bits per heavy atom. The molecule has 0 aliphatic carbocycles. The van der Waals surface area contributed by atoms with E-state index >= 15 is 0 Å². The molecule has 1 saturated heterocycles. The summed E-state index contributed by atoms with van der Waals surface area (Å²) < 4.78 is 14.2. The molecule has 1 fully saturated rings. The highest BCUT2D eigenvalue weighted by atomic mass is 35.5. The van der Waals surface area contributed by atoms with Crippen LogP contribution in [0.15, 0.2) is 52.2 Å². The van der Waals surface area contributed by atoms with Crippen LogP contribution in [0.1, 0.15) is 36.0 Å². The Hall–Kier alpha value is -4.07. The van der Waals surface area contributed by atoms with Gasteiger partial charge in [0.15, 0.2) is 5.69 Å². The number of aromatic nitrogens is 6. The standard InChI is InChI=1S/C23H16ClN7O3/c24-15-6-7-16-19(14(15)10-25)30(11-13-4-1-2-8-26-13)23(32)20-18(27-12-31(16)20)22-28-21(29-34-22)17-5-3-9-33-17/h1-2,4,6-8,12,17H,3,5,9,11H2. The van der Waals surface area contributed by atoms with Crippen LogP contribution in [0.4, 0.5) is 0 Å². The van der Waals surface area contributed by atoms with Crippen molar-refractivity contribution in [3.05, 3.63) is 75.3 Å². The van der Waals surface area contributed by atoms with E-state index in [1.807, 2.05) is 12.1 Å². The van der Waals surface area contributed by atoms with E-state index < -0.39 is 0 Å². The molecule has 0 radical (unpaired) electrons. The second-order valence-electron chi connectivity index (χ2n) is 7.89. The predicted octanol–water partition coefficient (Wildman–Crippen LogP) is 3.52. The fourth-order valence-corrected chi connectivity index (χ4v) is 4.49. The second kappa shape index (κ2) is 8.06. The van der Waals surface area contributed by atoms with E-state index in [-0.39, 0.29) is 45.9 Å². The van der Waals surface area contributed by atoms with Gasteiger partial charge >= 0.3 is 0 Å². The Morgan fingerprint density at radius 1 is 1.21 bits per heavy atom. The first-order valence-electron chi connectivity index (χ1n) is 10.6. The molecule has 0 spiro atoms. The molecule has 5 aromatic rings. The molecule has 10 nitrogen and oxygen atoms in total. The molecule has 4 aromatic heterocycles. The molecule has 1 atom stereocenters. The highest BCUT2D eigenvalue weighted by molar-refractivity contribution is 6.32. The third kappa shape index (κ3) is 3.17. The van der Waals surface area contributed by atoms with Crippen molar-refractivity contribution in [3.8, 4) is 17.7 Å². The molecule has 0 saturated carbocycles. The van der Waals surface area contributed by atoms with Gasteiger partial charge in [-0.1, -0.05) is 22.8 Å². The fourth-order valence-electron chi connectivity index (χ4n) is 4.30. The van der Waals surface area contributed by atoms with E-state index in [1.165, 1.54) is 10.9 Å². The zero-order valence-corrected chi connectivity index (χ0v) is 18.4. The lowest BCUT2D eigenvalue weighted by Gasteiger charge is -2.14. The zero-order chi connectivity index (χ0) is 23.2. The highest BCUT2D eigenvalue weighted by Crippen LogP contribution is 2.31. The van der Waals surface area contributed by atoms with Gasteiger partial charge in [0.05, 0.1) is 33.9 Å². The van der Waals surface area contributed by atoms with Crippen LogP contribution in [0.25, 0.3) is 28.1 Å². The van der Waals surface area contributed by atoms with Crippen molar-refractivity contribution in [2.75, 3.05) is 6.61 Å². The molecule has 0 amide bonds. The number of hydrogen-bond acceptors (Lipinski definition) is 8. The van der Waals surface area contributed by atoms with Crippen LogP contribution in [0.2, 0.25) is 5.02 Å². The monoisotopic (exact) mass is 473 g/mol. The molecule has 0 N–H and O–H groups in total. The van der Waals surface area contributed by atoms with Gasteiger partial charge in [0, 0.05) is 12.8 Å². The van der Waals surface area contributed by atoms with Crippen LogP contribution < -0.4 is 5.56 Å². The lowest BCUT2D eigenvalue weighted by Crippen LogP contribution is -2.24. The van der Waals surface area contributed by atoms with Crippen LogP contribution in [0, 0.1) is 11.3 Å². The van der Waals surface area contributed by atoms with Gasteiger partial charge in [-0.05, 0) is 37.1 Å². The van der Waals surface area contributed by atoms with E-state index in [9.17, 15) is 10.1 Å². The first-order valence-corrected chi connectivity index (χ1v) is 11.0. The number of nitriles is 1. The summed E-state index contributed by atoms with van der Waals surface area (Å²) in [5.41, 5.74) is 1.95. The third-order valence-corrected chi connectivity index (χ3v) is 6.19. The van der Waals surface area contributed by atoms with Crippen LogP contribution in [0.5, 0.6) is 0 Å². The summed E-state index contributed by atoms with van der Waals surface area (Å²) in [4.78, 5) is 27.1. The molecule has 0 bridgehead atoms. The first-order chi connectivity index (χ1) is 16.7. The summed E-state index contributed by atoms with van der Waals surface area (Å²) >= 11 is 6.32. The number of fused-ring (bicyclic) bond motifs is 3. The largest absolute Gasteiger partial charge is 0.370 e. The Kier molecular flexibility index (Phi) is 4.86. The van der Waals surface area contributed by atoms with E-state index in [1.54, 1.807) is 28.8 Å². The van der Waals surface area contributed by atoms with E-state index in [2.05, 4.69) is 26.2 Å². The van der Waals surface area contributed by atoms with Gasteiger partial charge in [-0.2, -0.15) is 10.2 Å². The average molecular weight is 474 g/mol. The molecular weight excluding hydrogens is 458 g/mol. The smallest absolute Gasteiger partial charge is 0.279 e. The van der Waals surface area contributed by atoms with Crippen molar-refractivity contribution >= 4 is 28.2 Å². The summed E-state index contributed by atoms with van der Waals surface area (Å²) in [6, 6.07) is 10.9. The molecule has 6 rings (SSSR count). The van der Waals surface area contributed by atoms with Gasteiger partial charge < -0.3 is 9.26 Å². The lowest BCUT2D eigenvalue weighted by molar-refractivity contribution is 0.103. The summed E-state index contributed by atoms with van der Waals surface area (Å²) in [6.45, 7) is 0.785. The second-order valence-corrected chi connectivity index (χ2v) is 8.29. The number of nitrogens with zero attached hydrogens (tertiary/aromatic N) is 7. The number of ether oxygens (including phenoxy) is 1. The van der Waals surface area contributed by atoms with Crippen molar-refractivity contribution < 1.29 is 9.26 Å². The lowest BCUT2D eigenvalue weighted by atomic mass is 10.1. The average Bonchev–Trinajstić information content (AvgIpc) is 3.62. The Balaban J connectivity index is 1.62. The molecular formula is C23H16ClN7O3. The minimum atomic E-state index is -0.388. The number of halogens is 1. The molecule has 1 aliphatic heterocycles. The van der Waals surface area contributed by atoms with Crippen molar-refractivity contribution in [2.45, 2.75) is 25.5 Å². The van der Waals surface area contributed by atoms with Crippen molar-refractivity contribution in [1.82, 2.24) is 29.1 Å². The molecule has 1 aromatic carbocycles. The Bertz CT molecular complexity index is 1640. The van der Waals surface area contributed by atoms with Crippen molar-refractivity contribution in [3.63, 3.8) is 0 Å². The molecule has 168 valence electrons. The maximum Gasteiger partial charge on any atom is 0.279 e. The normalized spacial score (nSPS) is 15.8. The molecule has 11 heteroatoms. The summed E-state index contributed by atoms with van der Waals surface area (Å²) in [7, 11) is 0. The molecule has 34 heavy (non-hydrogen) atoms. The summed E-state index contributed by atoms with van der Waals surface area (Å²) in [6.07, 6.45) is 4.66. The van der Waals surface area contributed by atoms with Crippen LogP contribution in [-0.2, 0) is 11.3 Å². The summed E-state index contributed by atoms with van der Waals surface area (Å²) in [5, 5.41) is 14.1. The van der Waals surface area contributed by atoms with Gasteiger partial charge in [-0.25, -0.2) is 4.98 Å². The minimum Gasteiger partial charge on any atom is -0.370 e. The van der Waals surface area contributed by atoms with Gasteiger partial charge in [0.2, 0.25) is 5.82 Å². The van der Waals surface area contributed by atoms with Gasteiger partial charge in [-0.3, -0.25) is 18.7 Å². The maximum absolute atomic E-state index is 13.9. The fraction of sp³-hybridized carbons (Fsp3) is 0.217. The summed E-state index contributed by atoms with van der Waals surface area (Å²) in [5.74, 6) is 0.560. The third-order valence-electron chi connectivity index (χ3n) is 5.87.